The molecule has 0 aliphatic heterocycles. The Bertz CT molecular complexity index is 1090. The number of hydrogen-bond acceptors (Lipinski definition) is 9. The Hall–Kier alpha value is -2.58. The number of anilines is 1. The van der Waals surface area contributed by atoms with Gasteiger partial charge in [0, 0.05) is 17.1 Å². The van der Waals surface area contributed by atoms with Crippen molar-refractivity contribution in [2.24, 2.45) is 0 Å². The first-order chi connectivity index (χ1) is 14.0. The van der Waals surface area contributed by atoms with Crippen LogP contribution in [-0.2, 0) is 11.3 Å². The second-order valence-electron chi connectivity index (χ2n) is 6.48. The summed E-state index contributed by atoms with van der Waals surface area (Å²) < 4.78 is 30.4. The zero-order valence-corrected chi connectivity index (χ0v) is 16.4. The Kier molecular flexibility index (Phi) is 5.47. The molecule has 2 aromatic heterocycles. The highest BCUT2D eigenvalue weighted by atomic mass is 35.5. The van der Waals surface area contributed by atoms with Gasteiger partial charge in [-0.25, -0.2) is 23.6 Å². The summed E-state index contributed by atoms with van der Waals surface area (Å²) in [4.78, 5) is 14.5. The van der Waals surface area contributed by atoms with Crippen molar-refractivity contribution >= 4 is 28.7 Å². The molecule has 2 heterocycles. The van der Waals surface area contributed by atoms with Gasteiger partial charge in [0.25, 0.3) is 0 Å². The summed E-state index contributed by atoms with van der Waals surface area (Å²) in [5, 5.41) is 15.0. The van der Waals surface area contributed by atoms with E-state index in [0.29, 0.717) is 23.7 Å². The minimum absolute atomic E-state index is 0.109. The van der Waals surface area contributed by atoms with Gasteiger partial charge in [-0.1, -0.05) is 22.8 Å². The molecule has 14 heteroatoms. The van der Waals surface area contributed by atoms with E-state index in [0.717, 1.165) is 12.8 Å². The van der Waals surface area contributed by atoms with Crippen LogP contribution < -0.4 is 21.3 Å². The standard InChI is InChI=1S/C15H16ClN7O5S/c16-9-2-1-3-10(8-9)23-13(20-27-14(23)24)11-12(19-28-18-11)17-7-6-15(4-5-15)21-22-29(25)26/h1-3,8,21-22H,4-7H2,(H,17,19)(H,25,26). The molecule has 0 bridgehead atoms. The van der Waals surface area contributed by atoms with E-state index in [9.17, 15) is 9.00 Å². The van der Waals surface area contributed by atoms with Crippen molar-refractivity contribution in [3.05, 3.63) is 39.8 Å². The molecule has 1 aliphatic rings. The number of aromatic nitrogens is 4. The second kappa shape index (κ2) is 8.04. The van der Waals surface area contributed by atoms with E-state index in [2.05, 4.69) is 31.0 Å². The highest BCUT2D eigenvalue weighted by molar-refractivity contribution is 7.77. The molecule has 0 saturated heterocycles. The molecule has 29 heavy (non-hydrogen) atoms. The average Bonchev–Trinajstić information content (AvgIpc) is 3.12. The smallest absolute Gasteiger partial charge is 0.365 e. The fraction of sp³-hybridized carbons (Fsp3) is 0.333. The molecular weight excluding hydrogens is 426 g/mol. The molecule has 154 valence electrons. The largest absolute Gasteiger partial charge is 0.446 e. The van der Waals surface area contributed by atoms with Gasteiger partial charge in [-0.3, -0.25) is 9.08 Å². The summed E-state index contributed by atoms with van der Waals surface area (Å²) in [6.45, 7) is 0.465. The third kappa shape index (κ3) is 4.38. The van der Waals surface area contributed by atoms with Gasteiger partial charge >= 0.3 is 5.76 Å². The maximum Gasteiger partial charge on any atom is 0.446 e. The van der Waals surface area contributed by atoms with Crippen LogP contribution in [0.5, 0.6) is 0 Å². The van der Waals surface area contributed by atoms with Gasteiger partial charge in [0.2, 0.25) is 22.9 Å². The zero-order valence-electron chi connectivity index (χ0n) is 14.8. The van der Waals surface area contributed by atoms with Crippen molar-refractivity contribution in [2.45, 2.75) is 24.8 Å². The number of hydrogen-bond donors (Lipinski definition) is 4. The molecule has 1 atom stereocenters. The number of benzene rings is 1. The number of hydrazine groups is 1. The van der Waals surface area contributed by atoms with Gasteiger partial charge in [-0.15, -0.1) is 0 Å². The van der Waals surface area contributed by atoms with Crippen LogP contribution >= 0.6 is 11.6 Å². The van der Waals surface area contributed by atoms with Gasteiger partial charge in [0.1, 0.15) is 0 Å². The van der Waals surface area contributed by atoms with Crippen LogP contribution in [-0.4, -0.2) is 40.9 Å². The third-order valence-corrected chi connectivity index (χ3v) is 5.04. The van der Waals surface area contributed by atoms with E-state index in [1.807, 2.05) is 0 Å². The van der Waals surface area contributed by atoms with Crippen molar-refractivity contribution in [2.75, 3.05) is 11.9 Å². The topological polar surface area (TPSA) is 160 Å². The first kappa shape index (κ1) is 19.7. The van der Waals surface area contributed by atoms with Crippen LogP contribution in [0.25, 0.3) is 17.2 Å². The van der Waals surface area contributed by atoms with E-state index in [1.165, 1.54) is 4.57 Å². The summed E-state index contributed by atoms with van der Waals surface area (Å²) in [7, 11) is 0. The van der Waals surface area contributed by atoms with Crippen molar-refractivity contribution in [3.8, 4) is 17.2 Å². The lowest BCUT2D eigenvalue weighted by molar-refractivity contribution is 0.309. The molecule has 0 spiro atoms. The number of halogens is 1. The lowest BCUT2D eigenvalue weighted by Gasteiger charge is -2.16. The maximum atomic E-state index is 12.2. The first-order valence-corrected chi connectivity index (χ1v) is 10.0. The lowest BCUT2D eigenvalue weighted by atomic mass is 10.2. The molecule has 1 unspecified atom stereocenters. The maximum absolute atomic E-state index is 12.2. The Morgan fingerprint density at radius 2 is 2.14 bits per heavy atom. The normalized spacial score (nSPS) is 15.9. The van der Waals surface area contributed by atoms with Crippen molar-refractivity contribution in [1.29, 1.82) is 0 Å². The number of rotatable bonds is 9. The summed E-state index contributed by atoms with van der Waals surface area (Å²) in [5.41, 5.74) is 3.24. The van der Waals surface area contributed by atoms with Crippen LogP contribution in [0.2, 0.25) is 5.02 Å². The van der Waals surface area contributed by atoms with Crippen molar-refractivity contribution in [3.63, 3.8) is 0 Å². The molecule has 1 aliphatic carbocycles. The molecule has 0 radical (unpaired) electrons. The predicted octanol–water partition coefficient (Wildman–Crippen LogP) is 1.09. The fourth-order valence-electron chi connectivity index (χ4n) is 2.85. The van der Waals surface area contributed by atoms with E-state index >= 15 is 0 Å². The summed E-state index contributed by atoms with van der Waals surface area (Å²) in [5.74, 6) is -0.318. The fourth-order valence-corrected chi connectivity index (χ4v) is 3.34. The van der Waals surface area contributed by atoms with E-state index in [-0.39, 0.29) is 22.9 Å². The number of nitrogens with zero attached hydrogens (tertiary/aromatic N) is 4. The number of nitrogens with one attached hydrogen (secondary N) is 3. The molecule has 1 aromatic carbocycles. The van der Waals surface area contributed by atoms with Gasteiger partial charge in [0.15, 0.2) is 5.69 Å². The molecular formula is C15H16ClN7O5S. The van der Waals surface area contributed by atoms with Gasteiger partial charge in [-0.05, 0) is 47.8 Å². The second-order valence-corrected chi connectivity index (χ2v) is 7.62. The van der Waals surface area contributed by atoms with Gasteiger partial charge < -0.3 is 5.32 Å². The van der Waals surface area contributed by atoms with E-state index in [4.69, 9.17) is 25.3 Å². The van der Waals surface area contributed by atoms with Crippen molar-refractivity contribution < 1.29 is 17.9 Å². The van der Waals surface area contributed by atoms with E-state index < -0.39 is 17.0 Å². The van der Waals surface area contributed by atoms with Crippen LogP contribution in [0.15, 0.2) is 38.2 Å². The molecule has 1 fully saturated rings. The van der Waals surface area contributed by atoms with Crippen LogP contribution in [0, 0.1) is 0 Å². The Balaban J connectivity index is 1.51. The Labute approximate surface area is 170 Å². The Morgan fingerprint density at radius 3 is 2.86 bits per heavy atom. The quantitative estimate of drug-likeness (QED) is 0.279. The highest BCUT2D eigenvalue weighted by Crippen LogP contribution is 2.38. The molecule has 0 amide bonds. The van der Waals surface area contributed by atoms with Gasteiger partial charge in [-0.2, -0.15) is 4.83 Å². The highest BCUT2D eigenvalue weighted by Gasteiger charge is 2.42. The zero-order chi connectivity index (χ0) is 20.4. The lowest BCUT2D eigenvalue weighted by Crippen LogP contribution is -2.44. The SMILES string of the molecule is O=c1onc(-c2nonc2NCCC2(NNS(=O)O)CC2)n1-c1cccc(Cl)c1. The van der Waals surface area contributed by atoms with Gasteiger partial charge in [0.05, 0.1) is 5.69 Å². The third-order valence-electron chi connectivity index (χ3n) is 4.52. The summed E-state index contributed by atoms with van der Waals surface area (Å²) in [6.07, 6.45) is 2.37. The van der Waals surface area contributed by atoms with Crippen LogP contribution in [0.4, 0.5) is 5.82 Å². The minimum Gasteiger partial charge on any atom is -0.365 e. The monoisotopic (exact) mass is 441 g/mol. The van der Waals surface area contributed by atoms with Crippen molar-refractivity contribution in [1.82, 2.24) is 30.3 Å². The minimum atomic E-state index is -2.14. The molecule has 4 rings (SSSR count). The predicted molar refractivity (Wildman–Crippen MR) is 103 cm³/mol. The molecule has 12 nitrogen and oxygen atoms in total. The van der Waals surface area contributed by atoms with E-state index in [1.54, 1.807) is 24.3 Å². The van der Waals surface area contributed by atoms with Crippen LogP contribution in [0.3, 0.4) is 0 Å². The Morgan fingerprint density at radius 1 is 1.31 bits per heavy atom. The molecule has 4 N–H and O–H groups in total. The molecule has 1 saturated carbocycles. The first-order valence-electron chi connectivity index (χ1n) is 8.53. The van der Waals surface area contributed by atoms with Crippen LogP contribution in [0.1, 0.15) is 19.3 Å². The summed E-state index contributed by atoms with van der Waals surface area (Å²) in [6, 6.07) is 6.63. The summed E-state index contributed by atoms with van der Waals surface area (Å²) >= 11 is 3.88. The average molecular weight is 442 g/mol. The molecule has 3 aromatic rings.